The lowest BCUT2D eigenvalue weighted by molar-refractivity contribution is -0.0817. The Hall–Kier alpha value is -1.01. The Kier molecular flexibility index (Phi) is 7.43. The van der Waals surface area contributed by atoms with Gasteiger partial charge in [-0.15, -0.1) is 0 Å². The van der Waals surface area contributed by atoms with Gasteiger partial charge in [0.05, 0.1) is 12.7 Å². The van der Waals surface area contributed by atoms with Crippen LogP contribution < -0.4 is 5.32 Å². The van der Waals surface area contributed by atoms with Gasteiger partial charge in [-0.3, -0.25) is 4.99 Å². The third-order valence-corrected chi connectivity index (χ3v) is 5.50. The van der Waals surface area contributed by atoms with E-state index in [0.717, 1.165) is 50.6 Å². The second-order valence-corrected chi connectivity index (χ2v) is 7.41. The molecule has 0 bridgehead atoms. The predicted octanol–water partition coefficient (Wildman–Crippen LogP) is 3.38. The number of halogens is 2. The maximum atomic E-state index is 6.26. The van der Waals surface area contributed by atoms with E-state index >= 15 is 0 Å². The zero-order valence-corrected chi connectivity index (χ0v) is 16.7. The Labute approximate surface area is 165 Å². The molecule has 0 amide bonds. The molecule has 2 atom stereocenters. The smallest absolute Gasteiger partial charge is 0.194 e. The molecule has 2 aliphatic rings. The summed E-state index contributed by atoms with van der Waals surface area (Å²) < 4.78 is 11.7. The van der Waals surface area contributed by atoms with Crippen LogP contribution in [-0.2, 0) is 15.9 Å². The monoisotopic (exact) mass is 399 g/mol. The summed E-state index contributed by atoms with van der Waals surface area (Å²) in [5.74, 6) is 0.918. The van der Waals surface area contributed by atoms with E-state index in [0.29, 0.717) is 29.6 Å². The number of nitrogens with zero attached hydrogens (tertiary/aromatic N) is 2. The molecule has 26 heavy (non-hydrogen) atoms. The van der Waals surface area contributed by atoms with Crippen molar-refractivity contribution in [3.8, 4) is 0 Å². The largest absolute Gasteiger partial charge is 0.375 e. The van der Waals surface area contributed by atoms with Crippen LogP contribution in [-0.4, -0.2) is 62.5 Å². The van der Waals surface area contributed by atoms with E-state index in [1.165, 1.54) is 0 Å². The summed E-state index contributed by atoms with van der Waals surface area (Å²) in [6.07, 6.45) is 3.25. The number of morpholine rings is 1. The van der Waals surface area contributed by atoms with E-state index < -0.39 is 0 Å². The molecular formula is C19H27Cl2N3O2. The molecule has 0 spiro atoms. The van der Waals surface area contributed by atoms with E-state index in [4.69, 9.17) is 37.7 Å². The second kappa shape index (κ2) is 9.79. The van der Waals surface area contributed by atoms with Crippen molar-refractivity contribution >= 4 is 29.2 Å². The SMILES string of the molecule is CCNC(=NCCc1c(Cl)cccc1Cl)N1CCOC(C2CCCO2)C1. The number of aliphatic imine (C=N–C) groups is 1. The molecule has 7 heteroatoms. The van der Waals surface area contributed by atoms with Crippen LogP contribution in [0, 0.1) is 0 Å². The van der Waals surface area contributed by atoms with E-state index in [-0.39, 0.29) is 12.2 Å². The van der Waals surface area contributed by atoms with Gasteiger partial charge in [-0.1, -0.05) is 29.3 Å². The second-order valence-electron chi connectivity index (χ2n) is 6.59. The summed E-state index contributed by atoms with van der Waals surface area (Å²) >= 11 is 12.5. The van der Waals surface area contributed by atoms with Crippen LogP contribution in [0.25, 0.3) is 0 Å². The molecule has 2 unspecified atom stereocenters. The Morgan fingerprint density at radius 2 is 2.00 bits per heavy atom. The molecule has 0 aliphatic carbocycles. The molecule has 0 radical (unpaired) electrons. The average molecular weight is 400 g/mol. The van der Waals surface area contributed by atoms with Crippen molar-refractivity contribution in [2.24, 2.45) is 4.99 Å². The van der Waals surface area contributed by atoms with Gasteiger partial charge in [-0.05, 0) is 43.9 Å². The van der Waals surface area contributed by atoms with Crippen LogP contribution >= 0.6 is 23.2 Å². The number of hydrogen-bond donors (Lipinski definition) is 1. The first kappa shape index (κ1) is 19.7. The van der Waals surface area contributed by atoms with Gasteiger partial charge in [0.15, 0.2) is 5.96 Å². The molecule has 2 heterocycles. The fourth-order valence-corrected chi connectivity index (χ4v) is 4.05. The minimum atomic E-state index is 0.119. The highest BCUT2D eigenvalue weighted by Gasteiger charge is 2.32. The molecule has 2 fully saturated rings. The van der Waals surface area contributed by atoms with Gasteiger partial charge in [-0.25, -0.2) is 0 Å². The highest BCUT2D eigenvalue weighted by atomic mass is 35.5. The average Bonchev–Trinajstić information content (AvgIpc) is 3.18. The molecule has 2 aliphatic heterocycles. The fourth-order valence-electron chi connectivity index (χ4n) is 3.46. The topological polar surface area (TPSA) is 46.1 Å². The summed E-state index contributed by atoms with van der Waals surface area (Å²) in [6.45, 7) is 6.73. The van der Waals surface area contributed by atoms with Crippen molar-refractivity contribution in [1.29, 1.82) is 0 Å². The quantitative estimate of drug-likeness (QED) is 0.608. The fraction of sp³-hybridized carbons (Fsp3) is 0.632. The lowest BCUT2D eigenvalue weighted by Crippen LogP contribution is -2.53. The standard InChI is InChI=1S/C19H27Cl2N3O2/c1-2-22-19(23-9-8-14-15(20)5-3-6-16(14)21)24-10-12-26-18(13-24)17-7-4-11-25-17/h3,5-6,17-18H,2,4,7-13H2,1H3,(H,22,23). The van der Waals surface area contributed by atoms with Gasteiger partial charge in [0, 0.05) is 42.8 Å². The number of guanidine groups is 1. The number of rotatable bonds is 5. The molecule has 2 saturated heterocycles. The molecule has 1 N–H and O–H groups in total. The molecular weight excluding hydrogens is 373 g/mol. The van der Waals surface area contributed by atoms with Crippen LogP contribution in [0.5, 0.6) is 0 Å². The van der Waals surface area contributed by atoms with Crippen molar-refractivity contribution in [3.63, 3.8) is 0 Å². The Balaban J connectivity index is 1.62. The third kappa shape index (κ3) is 5.03. The van der Waals surface area contributed by atoms with Gasteiger partial charge >= 0.3 is 0 Å². The van der Waals surface area contributed by atoms with Gasteiger partial charge in [0.2, 0.25) is 0 Å². The van der Waals surface area contributed by atoms with Gasteiger partial charge in [0.25, 0.3) is 0 Å². The van der Waals surface area contributed by atoms with Gasteiger partial charge < -0.3 is 19.7 Å². The molecule has 3 rings (SSSR count). The maximum absolute atomic E-state index is 6.26. The van der Waals surface area contributed by atoms with Crippen LogP contribution in [0.15, 0.2) is 23.2 Å². The Morgan fingerprint density at radius 3 is 2.69 bits per heavy atom. The molecule has 5 nitrogen and oxygen atoms in total. The van der Waals surface area contributed by atoms with E-state index in [1.807, 2.05) is 18.2 Å². The van der Waals surface area contributed by atoms with Crippen molar-refractivity contribution in [1.82, 2.24) is 10.2 Å². The van der Waals surface area contributed by atoms with Gasteiger partial charge in [-0.2, -0.15) is 0 Å². The number of ether oxygens (including phenoxy) is 2. The van der Waals surface area contributed by atoms with Crippen molar-refractivity contribution in [2.75, 3.05) is 39.4 Å². The summed E-state index contributed by atoms with van der Waals surface area (Å²) in [4.78, 5) is 7.06. The number of benzene rings is 1. The molecule has 144 valence electrons. The first-order valence-corrected chi connectivity index (χ1v) is 10.1. The zero-order chi connectivity index (χ0) is 18.4. The zero-order valence-electron chi connectivity index (χ0n) is 15.2. The normalized spacial score (nSPS) is 24.1. The predicted molar refractivity (Wildman–Crippen MR) is 106 cm³/mol. The van der Waals surface area contributed by atoms with Crippen LogP contribution in [0.3, 0.4) is 0 Å². The van der Waals surface area contributed by atoms with Crippen molar-refractivity contribution in [2.45, 2.75) is 38.4 Å². The minimum Gasteiger partial charge on any atom is -0.375 e. The number of hydrogen-bond acceptors (Lipinski definition) is 3. The molecule has 1 aromatic rings. The summed E-state index contributed by atoms with van der Waals surface area (Å²) in [5, 5.41) is 4.79. The first-order valence-electron chi connectivity index (χ1n) is 9.38. The lowest BCUT2D eigenvalue weighted by atomic mass is 10.1. The van der Waals surface area contributed by atoms with Crippen LogP contribution in [0.2, 0.25) is 10.0 Å². The first-order chi connectivity index (χ1) is 12.7. The van der Waals surface area contributed by atoms with E-state index in [1.54, 1.807) is 0 Å². The van der Waals surface area contributed by atoms with Crippen molar-refractivity contribution < 1.29 is 9.47 Å². The minimum absolute atomic E-state index is 0.119. The van der Waals surface area contributed by atoms with Crippen LogP contribution in [0.4, 0.5) is 0 Å². The number of nitrogens with one attached hydrogen (secondary N) is 1. The molecule has 0 saturated carbocycles. The highest BCUT2D eigenvalue weighted by molar-refractivity contribution is 6.35. The Morgan fingerprint density at radius 1 is 1.23 bits per heavy atom. The Bertz CT molecular complexity index is 601. The third-order valence-electron chi connectivity index (χ3n) is 4.79. The summed E-state index contributed by atoms with van der Waals surface area (Å²) in [7, 11) is 0. The molecule has 1 aromatic carbocycles. The molecule has 0 aromatic heterocycles. The summed E-state index contributed by atoms with van der Waals surface area (Å²) in [5.41, 5.74) is 0.953. The van der Waals surface area contributed by atoms with E-state index in [2.05, 4.69) is 17.1 Å². The van der Waals surface area contributed by atoms with Crippen molar-refractivity contribution in [3.05, 3.63) is 33.8 Å². The van der Waals surface area contributed by atoms with Crippen LogP contribution in [0.1, 0.15) is 25.3 Å². The summed E-state index contributed by atoms with van der Waals surface area (Å²) in [6, 6.07) is 5.60. The van der Waals surface area contributed by atoms with E-state index in [9.17, 15) is 0 Å². The maximum Gasteiger partial charge on any atom is 0.194 e. The highest BCUT2D eigenvalue weighted by Crippen LogP contribution is 2.25. The lowest BCUT2D eigenvalue weighted by Gasteiger charge is -2.37. The van der Waals surface area contributed by atoms with Gasteiger partial charge in [0.1, 0.15) is 6.10 Å².